The molecule has 1 heterocycles. The summed E-state index contributed by atoms with van der Waals surface area (Å²) in [5.41, 5.74) is 4.13. The Morgan fingerprint density at radius 3 is 2.74 bits per heavy atom. The number of aliphatic hydroxyl groups excluding tert-OH is 1. The summed E-state index contributed by atoms with van der Waals surface area (Å²) < 4.78 is 5.03. The van der Waals surface area contributed by atoms with Crippen LogP contribution in [0.3, 0.4) is 0 Å². The summed E-state index contributed by atoms with van der Waals surface area (Å²) in [6.07, 6.45) is 9.54. The van der Waals surface area contributed by atoms with Gasteiger partial charge in [0.25, 0.3) is 0 Å². The molecular weight excluding hydrogens is 288 g/mol. The molecule has 1 saturated carbocycles. The highest BCUT2D eigenvalue weighted by molar-refractivity contribution is 5.90. The zero-order valence-electron chi connectivity index (χ0n) is 14.8. The number of aliphatic hydroxyl groups is 1. The van der Waals surface area contributed by atoms with Gasteiger partial charge in [0, 0.05) is 12.2 Å². The van der Waals surface area contributed by atoms with Crippen LogP contribution in [0.4, 0.5) is 0 Å². The molecule has 0 aromatic rings. The van der Waals surface area contributed by atoms with Crippen molar-refractivity contribution in [1.82, 2.24) is 0 Å². The normalized spacial score (nSPS) is 37.5. The Labute approximate surface area is 139 Å². The van der Waals surface area contributed by atoms with Crippen molar-refractivity contribution < 1.29 is 14.6 Å². The quantitative estimate of drug-likeness (QED) is 0.625. The van der Waals surface area contributed by atoms with Crippen molar-refractivity contribution in [3.8, 4) is 0 Å². The molecule has 0 aromatic heterocycles. The van der Waals surface area contributed by atoms with Crippen LogP contribution in [-0.4, -0.2) is 24.3 Å². The molecule has 1 aliphatic heterocycles. The van der Waals surface area contributed by atoms with Gasteiger partial charge >= 0.3 is 5.97 Å². The number of esters is 1. The van der Waals surface area contributed by atoms with Crippen LogP contribution in [0, 0.1) is 16.7 Å². The number of ether oxygens (including phenoxy) is 1. The van der Waals surface area contributed by atoms with Gasteiger partial charge in [-0.2, -0.15) is 0 Å². The van der Waals surface area contributed by atoms with E-state index in [4.69, 9.17) is 4.74 Å². The Morgan fingerprint density at radius 1 is 1.30 bits per heavy atom. The third-order valence-electron chi connectivity index (χ3n) is 6.88. The molecule has 3 rings (SSSR count). The van der Waals surface area contributed by atoms with Gasteiger partial charge in [0.05, 0.1) is 0 Å². The molecule has 3 unspecified atom stereocenters. The van der Waals surface area contributed by atoms with E-state index in [1.54, 1.807) is 5.57 Å². The summed E-state index contributed by atoms with van der Waals surface area (Å²) >= 11 is 0. The van der Waals surface area contributed by atoms with Crippen molar-refractivity contribution >= 4 is 5.97 Å². The SMILES string of the molecule is CC1=C(CCC2=CCOC2=O)C2(C)CCCC(C)(CO)C2CC1. The van der Waals surface area contributed by atoms with E-state index in [2.05, 4.69) is 20.8 Å². The molecule has 3 heteroatoms. The molecule has 0 bridgehead atoms. The zero-order valence-corrected chi connectivity index (χ0v) is 14.8. The Balaban J connectivity index is 1.84. The van der Waals surface area contributed by atoms with Crippen molar-refractivity contribution in [2.24, 2.45) is 16.7 Å². The molecule has 0 aromatic carbocycles. The first-order valence-electron chi connectivity index (χ1n) is 9.07. The van der Waals surface area contributed by atoms with Crippen LogP contribution in [0.2, 0.25) is 0 Å². The van der Waals surface area contributed by atoms with Crippen molar-refractivity contribution in [2.45, 2.75) is 65.7 Å². The average Bonchev–Trinajstić information content (AvgIpc) is 2.91. The number of cyclic esters (lactones) is 1. The largest absolute Gasteiger partial charge is 0.458 e. The van der Waals surface area contributed by atoms with E-state index < -0.39 is 0 Å². The van der Waals surface area contributed by atoms with Crippen LogP contribution in [0.25, 0.3) is 0 Å². The summed E-state index contributed by atoms with van der Waals surface area (Å²) in [6.45, 7) is 7.67. The Hall–Kier alpha value is -1.09. The monoisotopic (exact) mass is 318 g/mol. The van der Waals surface area contributed by atoms with Crippen LogP contribution < -0.4 is 0 Å². The molecule has 3 nitrogen and oxygen atoms in total. The van der Waals surface area contributed by atoms with Gasteiger partial charge in [-0.15, -0.1) is 0 Å². The second-order valence-electron chi connectivity index (χ2n) is 8.26. The van der Waals surface area contributed by atoms with E-state index in [0.717, 1.165) is 31.3 Å². The van der Waals surface area contributed by atoms with E-state index in [0.29, 0.717) is 12.5 Å². The van der Waals surface area contributed by atoms with E-state index in [1.165, 1.54) is 24.8 Å². The minimum Gasteiger partial charge on any atom is -0.458 e. The summed E-state index contributed by atoms with van der Waals surface area (Å²) in [5.74, 6) is 0.418. The average molecular weight is 318 g/mol. The van der Waals surface area contributed by atoms with E-state index in [9.17, 15) is 9.90 Å². The van der Waals surface area contributed by atoms with Gasteiger partial charge in [-0.05, 0) is 68.3 Å². The minimum atomic E-state index is -0.135. The molecule has 0 radical (unpaired) electrons. The summed E-state index contributed by atoms with van der Waals surface area (Å²) in [4.78, 5) is 11.7. The number of carbonyl (C=O) groups excluding carboxylic acids is 1. The van der Waals surface area contributed by atoms with Crippen LogP contribution in [0.1, 0.15) is 65.7 Å². The fourth-order valence-electron chi connectivity index (χ4n) is 5.55. The topological polar surface area (TPSA) is 46.5 Å². The molecule has 3 atom stereocenters. The van der Waals surface area contributed by atoms with Gasteiger partial charge in [-0.25, -0.2) is 4.79 Å². The summed E-state index contributed by atoms with van der Waals surface area (Å²) in [5, 5.41) is 10.0. The van der Waals surface area contributed by atoms with Crippen molar-refractivity contribution in [2.75, 3.05) is 13.2 Å². The third-order valence-corrected chi connectivity index (χ3v) is 6.88. The minimum absolute atomic E-state index is 0.0461. The lowest BCUT2D eigenvalue weighted by Gasteiger charge is -2.56. The van der Waals surface area contributed by atoms with Gasteiger partial charge in [0.15, 0.2) is 0 Å². The van der Waals surface area contributed by atoms with Gasteiger partial charge in [-0.3, -0.25) is 0 Å². The lowest BCUT2D eigenvalue weighted by atomic mass is 9.49. The van der Waals surface area contributed by atoms with Gasteiger partial charge in [-0.1, -0.05) is 31.4 Å². The maximum Gasteiger partial charge on any atom is 0.334 e. The van der Waals surface area contributed by atoms with E-state index in [-0.39, 0.29) is 23.4 Å². The molecule has 1 fully saturated rings. The van der Waals surface area contributed by atoms with Crippen molar-refractivity contribution in [3.63, 3.8) is 0 Å². The van der Waals surface area contributed by atoms with Crippen LogP contribution >= 0.6 is 0 Å². The predicted molar refractivity (Wildman–Crippen MR) is 90.9 cm³/mol. The number of allylic oxidation sites excluding steroid dienone is 2. The highest BCUT2D eigenvalue weighted by atomic mass is 16.5. The standard InChI is InChI=1S/C20H30O3/c1-14-5-8-17-19(2,13-21)10-4-11-20(17,3)16(14)7-6-15-9-12-23-18(15)22/h9,17,21H,4-8,10-13H2,1-3H3. The van der Waals surface area contributed by atoms with Gasteiger partial charge in [0.1, 0.15) is 6.61 Å². The summed E-state index contributed by atoms with van der Waals surface area (Å²) in [6, 6.07) is 0. The summed E-state index contributed by atoms with van der Waals surface area (Å²) in [7, 11) is 0. The van der Waals surface area contributed by atoms with Crippen LogP contribution in [0.15, 0.2) is 22.8 Å². The highest BCUT2D eigenvalue weighted by Gasteiger charge is 2.51. The fourth-order valence-corrected chi connectivity index (χ4v) is 5.55. The molecule has 3 aliphatic rings. The maximum absolute atomic E-state index is 11.7. The Morgan fingerprint density at radius 2 is 2.09 bits per heavy atom. The Bertz CT molecular complexity index is 559. The maximum atomic E-state index is 11.7. The van der Waals surface area contributed by atoms with Gasteiger partial charge in [0.2, 0.25) is 0 Å². The van der Waals surface area contributed by atoms with Crippen LogP contribution in [-0.2, 0) is 9.53 Å². The second kappa shape index (κ2) is 6.08. The zero-order chi connectivity index (χ0) is 16.7. The van der Waals surface area contributed by atoms with E-state index in [1.807, 2.05) is 6.08 Å². The van der Waals surface area contributed by atoms with E-state index >= 15 is 0 Å². The molecule has 1 N–H and O–H groups in total. The molecule has 23 heavy (non-hydrogen) atoms. The highest BCUT2D eigenvalue weighted by Crippen LogP contribution is 2.60. The lowest BCUT2D eigenvalue weighted by Crippen LogP contribution is -2.48. The number of hydrogen-bond donors (Lipinski definition) is 1. The van der Waals surface area contributed by atoms with Crippen molar-refractivity contribution in [3.05, 3.63) is 22.8 Å². The fraction of sp³-hybridized carbons (Fsp3) is 0.750. The third kappa shape index (κ3) is 2.77. The van der Waals surface area contributed by atoms with Crippen molar-refractivity contribution in [1.29, 1.82) is 0 Å². The molecule has 0 amide bonds. The smallest absolute Gasteiger partial charge is 0.334 e. The lowest BCUT2D eigenvalue weighted by molar-refractivity contribution is -0.136. The first-order chi connectivity index (χ1) is 10.9. The number of fused-ring (bicyclic) bond motifs is 1. The van der Waals surface area contributed by atoms with Crippen LogP contribution in [0.5, 0.6) is 0 Å². The molecular formula is C20H30O3. The first-order valence-corrected chi connectivity index (χ1v) is 9.07. The Kier molecular flexibility index (Phi) is 4.43. The first kappa shape index (κ1) is 16.8. The number of rotatable bonds is 4. The molecule has 128 valence electrons. The molecule has 0 spiro atoms. The predicted octanol–water partition coefficient (Wildman–Crippen LogP) is 4.17. The number of carbonyl (C=O) groups is 1. The molecule has 2 aliphatic carbocycles. The van der Waals surface area contributed by atoms with Gasteiger partial charge < -0.3 is 9.84 Å². The molecule has 0 saturated heterocycles. The number of hydrogen-bond acceptors (Lipinski definition) is 3. The second-order valence-corrected chi connectivity index (χ2v) is 8.26.